The molecule has 0 atom stereocenters. The Bertz CT molecular complexity index is 1000. The number of aromatic nitrogens is 1. The first kappa shape index (κ1) is 21.2. The molecule has 2 aromatic rings. The third-order valence-corrected chi connectivity index (χ3v) is 8.15. The summed E-state index contributed by atoms with van der Waals surface area (Å²) >= 11 is 1.82. The summed E-state index contributed by atoms with van der Waals surface area (Å²) in [5, 5.41) is 1.29. The van der Waals surface area contributed by atoms with Gasteiger partial charge >= 0.3 is 0 Å². The molecule has 0 radical (unpaired) electrons. The van der Waals surface area contributed by atoms with Crippen LogP contribution in [0.15, 0.2) is 10.9 Å². The number of nitrogens with zero attached hydrogens (tertiary/aromatic N) is 2. The molecule has 30 heavy (non-hydrogen) atoms. The second-order valence-electron chi connectivity index (χ2n) is 8.83. The molecule has 2 aliphatic rings. The Labute approximate surface area is 183 Å². The van der Waals surface area contributed by atoms with Crippen molar-refractivity contribution >= 4 is 22.2 Å². The molecule has 0 unspecified atom stereocenters. The molecular weight excluding hydrogens is 394 g/mol. The lowest BCUT2D eigenvalue weighted by Gasteiger charge is -2.35. The van der Waals surface area contributed by atoms with Crippen molar-refractivity contribution in [2.45, 2.75) is 78.8 Å². The second kappa shape index (κ2) is 8.58. The number of aryl methyl sites for hydroxylation is 2. The standard InChI is InChI=1S/C24H33N3O2S/c1-5-27(18-9-7-6-8-10-18)24-17(4)21-20(30-24)11-12-26(23(21)29)14-19-15(2)13-16(3)25-22(19)28/h13,18H,5-12,14H2,1-4H3,(H,25,28). The number of anilines is 1. The van der Waals surface area contributed by atoms with Crippen LogP contribution in [0.3, 0.4) is 0 Å². The highest BCUT2D eigenvalue weighted by molar-refractivity contribution is 7.16. The van der Waals surface area contributed by atoms with Gasteiger partial charge in [-0.1, -0.05) is 19.3 Å². The van der Waals surface area contributed by atoms with E-state index in [1.54, 1.807) is 0 Å². The molecule has 162 valence electrons. The highest BCUT2D eigenvalue weighted by Gasteiger charge is 2.33. The van der Waals surface area contributed by atoms with Crippen LogP contribution in [0.2, 0.25) is 0 Å². The number of amides is 1. The summed E-state index contributed by atoms with van der Waals surface area (Å²) in [5.74, 6) is 0.0790. The van der Waals surface area contributed by atoms with Crippen LogP contribution in [-0.2, 0) is 13.0 Å². The van der Waals surface area contributed by atoms with Crippen LogP contribution in [-0.4, -0.2) is 34.9 Å². The third-order valence-electron chi connectivity index (χ3n) is 6.76. The molecule has 0 spiro atoms. The minimum Gasteiger partial charge on any atom is -0.361 e. The van der Waals surface area contributed by atoms with Gasteiger partial charge in [-0.3, -0.25) is 9.59 Å². The van der Waals surface area contributed by atoms with E-state index in [4.69, 9.17) is 0 Å². The van der Waals surface area contributed by atoms with Gasteiger partial charge in [0.25, 0.3) is 11.5 Å². The molecule has 1 amide bonds. The van der Waals surface area contributed by atoms with Gasteiger partial charge in [0.05, 0.1) is 17.1 Å². The number of rotatable bonds is 5. The Hall–Kier alpha value is -2.08. The van der Waals surface area contributed by atoms with Gasteiger partial charge < -0.3 is 14.8 Å². The predicted octanol–water partition coefficient (Wildman–Crippen LogP) is 4.72. The van der Waals surface area contributed by atoms with E-state index in [9.17, 15) is 9.59 Å². The molecule has 1 fully saturated rings. The van der Waals surface area contributed by atoms with Crippen molar-refractivity contribution in [2.24, 2.45) is 0 Å². The van der Waals surface area contributed by atoms with Crippen molar-refractivity contribution < 1.29 is 4.79 Å². The van der Waals surface area contributed by atoms with Crippen molar-refractivity contribution in [3.8, 4) is 0 Å². The zero-order valence-corrected chi connectivity index (χ0v) is 19.5. The average Bonchev–Trinajstić information content (AvgIpc) is 3.05. The third kappa shape index (κ3) is 3.82. The number of aromatic amines is 1. The molecule has 3 heterocycles. The summed E-state index contributed by atoms with van der Waals surface area (Å²) in [5.41, 5.74) is 4.44. The number of fused-ring (bicyclic) bond motifs is 1. The maximum Gasteiger partial charge on any atom is 0.255 e. The summed E-state index contributed by atoms with van der Waals surface area (Å²) in [6.07, 6.45) is 7.35. The SMILES string of the molecule is CCN(c1sc2c(c1C)C(=O)N(Cc1c(C)cc(C)[nH]c1=O)CC2)C1CCCCC1. The van der Waals surface area contributed by atoms with Gasteiger partial charge in [-0.25, -0.2) is 0 Å². The highest BCUT2D eigenvalue weighted by atomic mass is 32.1. The Kier molecular flexibility index (Phi) is 6.05. The number of hydrogen-bond donors (Lipinski definition) is 1. The summed E-state index contributed by atoms with van der Waals surface area (Å²) in [4.78, 5) is 34.4. The molecule has 5 nitrogen and oxygen atoms in total. The maximum atomic E-state index is 13.4. The largest absolute Gasteiger partial charge is 0.361 e. The molecule has 0 bridgehead atoms. The molecule has 4 rings (SSSR count). The molecule has 0 saturated heterocycles. The quantitative estimate of drug-likeness (QED) is 0.751. The average molecular weight is 428 g/mol. The van der Waals surface area contributed by atoms with Gasteiger partial charge in [-0.2, -0.15) is 0 Å². The van der Waals surface area contributed by atoms with Crippen LogP contribution >= 0.6 is 11.3 Å². The Morgan fingerprint density at radius 3 is 2.57 bits per heavy atom. The number of thiophene rings is 1. The Morgan fingerprint density at radius 2 is 1.90 bits per heavy atom. The minimum absolute atomic E-state index is 0.0790. The fourth-order valence-corrected chi connectivity index (χ4v) is 6.59. The van der Waals surface area contributed by atoms with E-state index in [2.05, 4.69) is 23.7 Å². The highest BCUT2D eigenvalue weighted by Crippen LogP contribution is 2.41. The molecule has 1 N–H and O–H groups in total. The number of hydrogen-bond acceptors (Lipinski definition) is 4. The summed E-state index contributed by atoms with van der Waals surface area (Å²) in [6.45, 7) is 10.2. The molecule has 0 aromatic carbocycles. The first-order valence-corrected chi connectivity index (χ1v) is 12.1. The van der Waals surface area contributed by atoms with Crippen LogP contribution in [0.25, 0.3) is 0 Å². The van der Waals surface area contributed by atoms with E-state index in [0.29, 0.717) is 24.7 Å². The fourth-order valence-electron chi connectivity index (χ4n) is 5.17. The maximum absolute atomic E-state index is 13.4. The van der Waals surface area contributed by atoms with Crippen molar-refractivity contribution in [3.63, 3.8) is 0 Å². The number of pyridine rings is 1. The monoisotopic (exact) mass is 427 g/mol. The second-order valence-corrected chi connectivity index (χ2v) is 9.91. The smallest absolute Gasteiger partial charge is 0.255 e. The van der Waals surface area contributed by atoms with Crippen molar-refractivity contribution in [3.05, 3.63) is 49.2 Å². The Balaban J connectivity index is 1.61. The van der Waals surface area contributed by atoms with Crippen LogP contribution < -0.4 is 10.5 Å². The van der Waals surface area contributed by atoms with Gasteiger partial charge in [0.1, 0.15) is 0 Å². The van der Waals surface area contributed by atoms with Crippen LogP contribution in [0, 0.1) is 20.8 Å². The van der Waals surface area contributed by atoms with E-state index in [1.165, 1.54) is 42.0 Å². The summed E-state index contributed by atoms with van der Waals surface area (Å²) in [6, 6.07) is 2.58. The van der Waals surface area contributed by atoms with Gasteiger partial charge in [0.15, 0.2) is 0 Å². The minimum atomic E-state index is -0.0803. The van der Waals surface area contributed by atoms with Crippen LogP contribution in [0.5, 0.6) is 0 Å². The van der Waals surface area contributed by atoms with Gasteiger partial charge in [0.2, 0.25) is 0 Å². The predicted molar refractivity (Wildman–Crippen MR) is 124 cm³/mol. The van der Waals surface area contributed by atoms with E-state index in [1.807, 2.05) is 36.2 Å². The fraction of sp³-hybridized carbons (Fsp3) is 0.583. The van der Waals surface area contributed by atoms with Gasteiger partial charge in [0, 0.05) is 41.7 Å². The van der Waals surface area contributed by atoms with Crippen molar-refractivity contribution in [2.75, 3.05) is 18.0 Å². The van der Waals surface area contributed by atoms with Crippen molar-refractivity contribution in [1.82, 2.24) is 9.88 Å². The molecule has 6 heteroatoms. The zero-order chi connectivity index (χ0) is 21.4. The molecule has 1 aliphatic carbocycles. The molecule has 2 aromatic heterocycles. The lowest BCUT2D eigenvalue weighted by Crippen LogP contribution is -2.38. The number of H-pyrrole nitrogens is 1. The molecular formula is C24H33N3O2S. The van der Waals surface area contributed by atoms with Gasteiger partial charge in [-0.15, -0.1) is 11.3 Å². The number of carbonyl (C=O) groups is 1. The first-order chi connectivity index (χ1) is 14.4. The Morgan fingerprint density at radius 1 is 1.17 bits per heavy atom. The van der Waals surface area contributed by atoms with Crippen LogP contribution in [0.4, 0.5) is 5.00 Å². The topological polar surface area (TPSA) is 56.4 Å². The molecule has 1 saturated carbocycles. The van der Waals surface area contributed by atoms with E-state index < -0.39 is 0 Å². The van der Waals surface area contributed by atoms with Gasteiger partial charge in [-0.05, 0) is 57.7 Å². The zero-order valence-electron chi connectivity index (χ0n) is 18.6. The first-order valence-electron chi connectivity index (χ1n) is 11.3. The lowest BCUT2D eigenvalue weighted by molar-refractivity contribution is 0.0727. The van der Waals surface area contributed by atoms with E-state index in [0.717, 1.165) is 35.3 Å². The molecule has 1 aliphatic heterocycles. The normalized spacial score (nSPS) is 17.3. The lowest BCUT2D eigenvalue weighted by atomic mass is 9.94. The number of carbonyl (C=O) groups excluding carboxylic acids is 1. The van der Waals surface area contributed by atoms with Crippen molar-refractivity contribution in [1.29, 1.82) is 0 Å². The number of nitrogens with one attached hydrogen (secondary N) is 1. The summed E-state index contributed by atoms with van der Waals surface area (Å²) in [7, 11) is 0. The van der Waals surface area contributed by atoms with E-state index >= 15 is 0 Å². The summed E-state index contributed by atoms with van der Waals surface area (Å²) < 4.78 is 0. The van der Waals surface area contributed by atoms with Crippen LogP contribution in [0.1, 0.15) is 76.6 Å². The van der Waals surface area contributed by atoms with E-state index in [-0.39, 0.29) is 11.5 Å².